The van der Waals surface area contributed by atoms with Crippen LogP contribution in [-0.2, 0) is 0 Å². The molecule has 0 aliphatic carbocycles. The summed E-state index contributed by atoms with van der Waals surface area (Å²) in [6.07, 6.45) is 4.77. The third kappa shape index (κ3) is 2.92. The number of pyridine rings is 1. The van der Waals surface area contributed by atoms with Gasteiger partial charge in [-0.25, -0.2) is 14.5 Å². The van der Waals surface area contributed by atoms with Crippen LogP contribution in [0.3, 0.4) is 0 Å². The van der Waals surface area contributed by atoms with E-state index >= 15 is 0 Å². The van der Waals surface area contributed by atoms with Crippen LogP contribution in [0.25, 0.3) is 16.7 Å². The third-order valence-electron chi connectivity index (χ3n) is 4.70. The van der Waals surface area contributed by atoms with E-state index in [-0.39, 0.29) is 17.9 Å². The number of aryl methyl sites for hydroxylation is 2. The number of hydrogen-bond donors (Lipinski definition) is 1. The zero-order valence-electron chi connectivity index (χ0n) is 15.6. The topological polar surface area (TPSA) is 98.2 Å². The van der Waals surface area contributed by atoms with Crippen molar-refractivity contribution in [1.82, 2.24) is 29.9 Å². The Labute approximate surface area is 155 Å². The van der Waals surface area contributed by atoms with Gasteiger partial charge in [-0.1, -0.05) is 13.8 Å². The van der Waals surface area contributed by atoms with E-state index in [4.69, 9.17) is 9.40 Å². The predicted molar refractivity (Wildman–Crippen MR) is 99.3 cm³/mol. The Bertz CT molecular complexity index is 1130. The van der Waals surface area contributed by atoms with Crippen LogP contribution in [0.15, 0.2) is 35.3 Å². The van der Waals surface area contributed by atoms with Crippen molar-refractivity contribution in [2.45, 2.75) is 33.7 Å². The Balaban J connectivity index is 1.76. The van der Waals surface area contributed by atoms with Crippen LogP contribution >= 0.6 is 0 Å². The number of nitrogens with zero attached hydrogens (tertiary/aromatic N) is 5. The summed E-state index contributed by atoms with van der Waals surface area (Å²) in [4.78, 5) is 25.6. The number of fused-ring (bicyclic) bond motifs is 3. The van der Waals surface area contributed by atoms with Crippen LogP contribution in [0.2, 0.25) is 0 Å². The van der Waals surface area contributed by atoms with Gasteiger partial charge < -0.3 is 9.73 Å². The molecule has 1 N–H and O–H groups in total. The number of hydrogen-bond acceptors (Lipinski definition) is 6. The molecule has 4 aromatic rings. The quantitative estimate of drug-likeness (QED) is 0.598. The van der Waals surface area contributed by atoms with Crippen molar-refractivity contribution in [2.75, 3.05) is 0 Å². The SMILES string of the molecule is Cc1oc2ncn3nc([C@@H](NC(=O)c4ccncc4)C(C)C)nc3c2c1C. The van der Waals surface area contributed by atoms with E-state index in [0.29, 0.717) is 22.7 Å². The molecule has 8 nitrogen and oxygen atoms in total. The summed E-state index contributed by atoms with van der Waals surface area (Å²) in [5.41, 5.74) is 2.75. The minimum absolute atomic E-state index is 0.101. The highest BCUT2D eigenvalue weighted by Crippen LogP contribution is 2.27. The van der Waals surface area contributed by atoms with Gasteiger partial charge in [-0.2, -0.15) is 0 Å². The number of carbonyl (C=O) groups is 1. The average Bonchev–Trinajstić information content (AvgIpc) is 3.20. The van der Waals surface area contributed by atoms with Gasteiger partial charge in [0.1, 0.15) is 12.1 Å². The number of amides is 1. The molecule has 4 heterocycles. The van der Waals surface area contributed by atoms with Gasteiger partial charge in [0.05, 0.1) is 11.4 Å². The summed E-state index contributed by atoms with van der Waals surface area (Å²) >= 11 is 0. The number of carbonyl (C=O) groups excluding carboxylic acids is 1. The minimum Gasteiger partial charge on any atom is -0.443 e. The molecule has 27 heavy (non-hydrogen) atoms. The van der Waals surface area contributed by atoms with Crippen molar-refractivity contribution in [3.8, 4) is 0 Å². The fourth-order valence-corrected chi connectivity index (χ4v) is 3.05. The maximum atomic E-state index is 12.6. The standard InChI is InChI=1S/C19H20N6O2/c1-10(2)15(22-18(26)13-5-7-20-8-6-13)16-23-17-14-11(3)12(4)27-19(14)21-9-25(17)24-16/h5-10,15H,1-4H3,(H,22,26)/t15-/m0/s1. The molecule has 1 atom stereocenters. The highest BCUT2D eigenvalue weighted by Gasteiger charge is 2.25. The zero-order chi connectivity index (χ0) is 19.1. The molecule has 138 valence electrons. The average molecular weight is 364 g/mol. The molecule has 0 saturated carbocycles. The monoisotopic (exact) mass is 364 g/mol. The lowest BCUT2D eigenvalue weighted by atomic mass is 10.0. The molecular weight excluding hydrogens is 344 g/mol. The van der Waals surface area contributed by atoms with E-state index in [2.05, 4.69) is 20.4 Å². The summed E-state index contributed by atoms with van der Waals surface area (Å²) in [6, 6.07) is 3.01. The first kappa shape index (κ1) is 17.1. The molecule has 0 unspecified atom stereocenters. The summed E-state index contributed by atoms with van der Waals surface area (Å²) in [7, 11) is 0. The van der Waals surface area contributed by atoms with Gasteiger partial charge in [0.2, 0.25) is 5.71 Å². The summed E-state index contributed by atoms with van der Waals surface area (Å²) in [5.74, 6) is 1.26. The Morgan fingerprint density at radius 1 is 1.22 bits per heavy atom. The molecule has 0 aliphatic rings. The van der Waals surface area contributed by atoms with Crippen LogP contribution in [-0.4, -0.2) is 30.5 Å². The first-order chi connectivity index (χ1) is 13.0. The van der Waals surface area contributed by atoms with E-state index in [1.54, 1.807) is 35.4 Å². The molecule has 4 rings (SSSR count). The summed E-state index contributed by atoms with van der Waals surface area (Å²) in [6.45, 7) is 7.91. The molecule has 4 aromatic heterocycles. The molecule has 8 heteroatoms. The molecule has 0 radical (unpaired) electrons. The highest BCUT2D eigenvalue weighted by atomic mass is 16.3. The molecule has 1 amide bonds. The van der Waals surface area contributed by atoms with E-state index < -0.39 is 0 Å². The van der Waals surface area contributed by atoms with Crippen LogP contribution in [0.5, 0.6) is 0 Å². The van der Waals surface area contributed by atoms with E-state index in [1.165, 1.54) is 0 Å². The lowest BCUT2D eigenvalue weighted by molar-refractivity contribution is 0.0923. The van der Waals surface area contributed by atoms with Crippen molar-refractivity contribution in [3.05, 3.63) is 53.6 Å². The molecule has 0 aromatic carbocycles. The number of nitrogens with one attached hydrogen (secondary N) is 1. The number of rotatable bonds is 4. The van der Waals surface area contributed by atoms with Crippen molar-refractivity contribution >= 4 is 22.7 Å². The van der Waals surface area contributed by atoms with Crippen molar-refractivity contribution in [2.24, 2.45) is 5.92 Å². The highest BCUT2D eigenvalue weighted by molar-refractivity contribution is 5.94. The van der Waals surface area contributed by atoms with E-state index in [0.717, 1.165) is 16.7 Å². The second-order valence-corrected chi connectivity index (χ2v) is 6.88. The van der Waals surface area contributed by atoms with Crippen LogP contribution in [0.1, 0.15) is 47.4 Å². The molecular formula is C19H20N6O2. The van der Waals surface area contributed by atoms with Gasteiger partial charge >= 0.3 is 0 Å². The van der Waals surface area contributed by atoms with E-state index in [1.807, 2.05) is 27.7 Å². The zero-order valence-corrected chi connectivity index (χ0v) is 15.6. The molecule has 0 bridgehead atoms. The Morgan fingerprint density at radius 3 is 2.67 bits per heavy atom. The fraction of sp³-hybridized carbons (Fsp3) is 0.316. The largest absolute Gasteiger partial charge is 0.443 e. The molecule has 0 spiro atoms. The Kier molecular flexibility index (Phi) is 4.10. The first-order valence-electron chi connectivity index (χ1n) is 8.77. The Morgan fingerprint density at radius 2 is 1.96 bits per heavy atom. The summed E-state index contributed by atoms with van der Waals surface area (Å²) < 4.78 is 7.31. The lowest BCUT2D eigenvalue weighted by Gasteiger charge is -2.19. The number of furan rings is 1. The Hall–Kier alpha value is -3.29. The fourth-order valence-electron chi connectivity index (χ4n) is 3.05. The second-order valence-electron chi connectivity index (χ2n) is 6.88. The van der Waals surface area contributed by atoms with Crippen molar-refractivity contribution in [3.63, 3.8) is 0 Å². The molecule has 0 aliphatic heterocycles. The van der Waals surface area contributed by atoms with Gasteiger partial charge in [-0.3, -0.25) is 9.78 Å². The van der Waals surface area contributed by atoms with Crippen LogP contribution < -0.4 is 5.32 Å². The van der Waals surface area contributed by atoms with Crippen LogP contribution in [0.4, 0.5) is 0 Å². The molecule has 0 fully saturated rings. The lowest BCUT2D eigenvalue weighted by Crippen LogP contribution is -2.32. The molecule has 0 saturated heterocycles. The van der Waals surface area contributed by atoms with Crippen molar-refractivity contribution in [1.29, 1.82) is 0 Å². The summed E-state index contributed by atoms with van der Waals surface area (Å²) in [5, 5.41) is 8.43. The second kappa shape index (κ2) is 6.46. The number of aromatic nitrogens is 5. The predicted octanol–water partition coefficient (Wildman–Crippen LogP) is 3.01. The normalized spacial score (nSPS) is 12.8. The smallest absolute Gasteiger partial charge is 0.251 e. The van der Waals surface area contributed by atoms with E-state index in [9.17, 15) is 4.79 Å². The van der Waals surface area contributed by atoms with Gasteiger partial charge in [0, 0.05) is 23.5 Å². The first-order valence-corrected chi connectivity index (χ1v) is 8.77. The minimum atomic E-state index is -0.339. The maximum Gasteiger partial charge on any atom is 0.251 e. The maximum absolute atomic E-state index is 12.6. The third-order valence-corrected chi connectivity index (χ3v) is 4.70. The van der Waals surface area contributed by atoms with Gasteiger partial charge in [0.15, 0.2) is 11.5 Å². The van der Waals surface area contributed by atoms with Crippen molar-refractivity contribution < 1.29 is 9.21 Å². The van der Waals surface area contributed by atoms with Gasteiger partial charge in [-0.05, 0) is 31.9 Å². The van der Waals surface area contributed by atoms with Gasteiger partial charge in [0.25, 0.3) is 5.91 Å². The van der Waals surface area contributed by atoms with Gasteiger partial charge in [-0.15, -0.1) is 5.10 Å². The van der Waals surface area contributed by atoms with Crippen LogP contribution in [0, 0.1) is 19.8 Å².